The number of aliphatic hydroxyl groups is 1. The lowest BCUT2D eigenvalue weighted by atomic mass is 9.93. The molecule has 2 unspecified atom stereocenters. The van der Waals surface area contributed by atoms with Crippen molar-refractivity contribution in [3.05, 3.63) is 0 Å². The fraction of sp³-hybridized carbons (Fsp3) is 1.00. The van der Waals surface area contributed by atoms with Gasteiger partial charge in [-0.3, -0.25) is 0 Å². The van der Waals surface area contributed by atoms with Crippen LogP contribution < -0.4 is 0 Å². The van der Waals surface area contributed by atoms with E-state index in [1.165, 1.54) is 38.8 Å². The molecule has 0 bridgehead atoms. The first kappa shape index (κ1) is 9.47. The summed E-state index contributed by atoms with van der Waals surface area (Å²) in [6.45, 7) is 2.93. The molecule has 0 aromatic rings. The van der Waals surface area contributed by atoms with Crippen molar-refractivity contribution in [1.29, 1.82) is 0 Å². The molecular weight excluding hydrogens is 162 g/mol. The molecule has 1 spiro atoms. The van der Waals surface area contributed by atoms with Crippen LogP contribution in [0.3, 0.4) is 0 Å². The fourth-order valence-corrected chi connectivity index (χ4v) is 2.96. The highest BCUT2D eigenvalue weighted by molar-refractivity contribution is 5.02. The first-order valence-electron chi connectivity index (χ1n) is 5.56. The molecule has 1 saturated heterocycles. The Morgan fingerprint density at radius 3 is 3.00 bits per heavy atom. The van der Waals surface area contributed by atoms with Crippen LogP contribution >= 0.6 is 0 Å². The Morgan fingerprint density at radius 1 is 1.38 bits per heavy atom. The first-order chi connectivity index (χ1) is 6.27. The van der Waals surface area contributed by atoms with Crippen molar-refractivity contribution in [3.8, 4) is 0 Å². The van der Waals surface area contributed by atoms with Crippen LogP contribution in [-0.4, -0.2) is 36.8 Å². The van der Waals surface area contributed by atoms with Crippen molar-refractivity contribution in [3.63, 3.8) is 0 Å². The van der Waals surface area contributed by atoms with E-state index in [1.807, 2.05) is 0 Å². The van der Waals surface area contributed by atoms with Crippen molar-refractivity contribution in [2.75, 3.05) is 26.7 Å². The summed E-state index contributed by atoms with van der Waals surface area (Å²) in [6.07, 6.45) is 6.57. The van der Waals surface area contributed by atoms with E-state index in [9.17, 15) is 0 Å². The maximum absolute atomic E-state index is 8.90. The van der Waals surface area contributed by atoms with Crippen LogP contribution in [0.4, 0.5) is 0 Å². The van der Waals surface area contributed by atoms with Gasteiger partial charge in [0.15, 0.2) is 0 Å². The lowest BCUT2D eigenvalue weighted by Gasteiger charge is -2.14. The zero-order valence-electron chi connectivity index (χ0n) is 8.63. The third-order valence-electron chi connectivity index (χ3n) is 4.04. The molecule has 0 aromatic heterocycles. The molecule has 0 aromatic carbocycles. The highest BCUT2D eigenvalue weighted by Crippen LogP contribution is 2.60. The van der Waals surface area contributed by atoms with Gasteiger partial charge in [-0.15, -0.1) is 0 Å². The van der Waals surface area contributed by atoms with Crippen molar-refractivity contribution in [2.24, 2.45) is 11.3 Å². The summed E-state index contributed by atoms with van der Waals surface area (Å²) in [5, 5.41) is 8.90. The highest BCUT2D eigenvalue weighted by atomic mass is 16.3. The SMILES string of the molecule is CN1CCCC2(CC1)CC2CCO. The molecule has 2 nitrogen and oxygen atoms in total. The van der Waals surface area contributed by atoms with E-state index in [-0.39, 0.29) is 0 Å². The summed E-state index contributed by atoms with van der Waals surface area (Å²) >= 11 is 0. The average molecular weight is 183 g/mol. The molecule has 76 valence electrons. The van der Waals surface area contributed by atoms with E-state index in [2.05, 4.69) is 11.9 Å². The van der Waals surface area contributed by atoms with Gasteiger partial charge in [0.1, 0.15) is 0 Å². The second-order valence-electron chi connectivity index (χ2n) is 4.93. The minimum atomic E-state index is 0.391. The molecule has 1 saturated carbocycles. The molecule has 2 fully saturated rings. The summed E-state index contributed by atoms with van der Waals surface area (Å²) in [5.41, 5.74) is 0.660. The first-order valence-corrected chi connectivity index (χ1v) is 5.56. The van der Waals surface area contributed by atoms with E-state index in [1.54, 1.807) is 0 Å². The van der Waals surface area contributed by atoms with Gasteiger partial charge in [-0.2, -0.15) is 0 Å². The fourth-order valence-electron chi connectivity index (χ4n) is 2.96. The van der Waals surface area contributed by atoms with Crippen molar-refractivity contribution in [1.82, 2.24) is 4.90 Å². The molecule has 0 amide bonds. The molecular formula is C11H21NO. The van der Waals surface area contributed by atoms with Gasteiger partial charge in [0, 0.05) is 6.61 Å². The van der Waals surface area contributed by atoms with Crippen molar-refractivity contribution >= 4 is 0 Å². The van der Waals surface area contributed by atoms with Crippen LogP contribution in [0.15, 0.2) is 0 Å². The largest absolute Gasteiger partial charge is 0.396 e. The summed E-state index contributed by atoms with van der Waals surface area (Å²) in [4.78, 5) is 2.45. The lowest BCUT2D eigenvalue weighted by Crippen LogP contribution is -2.19. The van der Waals surface area contributed by atoms with Crippen LogP contribution in [-0.2, 0) is 0 Å². The smallest absolute Gasteiger partial charge is 0.0433 e. The Bertz CT molecular complexity index is 183. The molecule has 2 heteroatoms. The number of hydrogen-bond acceptors (Lipinski definition) is 2. The van der Waals surface area contributed by atoms with Crippen LogP contribution in [0.25, 0.3) is 0 Å². The molecule has 0 radical (unpaired) electrons. The summed E-state index contributed by atoms with van der Waals surface area (Å²) in [7, 11) is 2.22. The van der Waals surface area contributed by atoms with Crippen LogP contribution in [0.1, 0.15) is 32.1 Å². The van der Waals surface area contributed by atoms with Crippen molar-refractivity contribution < 1.29 is 5.11 Å². The number of nitrogens with zero attached hydrogens (tertiary/aromatic N) is 1. The molecule has 2 atom stereocenters. The zero-order valence-corrected chi connectivity index (χ0v) is 8.63. The highest BCUT2D eigenvalue weighted by Gasteiger charge is 2.52. The monoisotopic (exact) mass is 183 g/mol. The maximum Gasteiger partial charge on any atom is 0.0433 e. The summed E-state index contributed by atoms with van der Waals surface area (Å²) < 4.78 is 0. The van der Waals surface area contributed by atoms with Gasteiger partial charge in [0.25, 0.3) is 0 Å². The minimum Gasteiger partial charge on any atom is -0.396 e. The van der Waals surface area contributed by atoms with E-state index in [0.29, 0.717) is 12.0 Å². The van der Waals surface area contributed by atoms with Gasteiger partial charge in [-0.05, 0) is 63.6 Å². The van der Waals surface area contributed by atoms with Crippen LogP contribution in [0.5, 0.6) is 0 Å². The van der Waals surface area contributed by atoms with Gasteiger partial charge >= 0.3 is 0 Å². The summed E-state index contributed by atoms with van der Waals surface area (Å²) in [6, 6.07) is 0. The standard InChI is InChI=1S/C11H21NO/c1-12-6-2-4-11(5-7-12)9-10(11)3-8-13/h10,13H,2-9H2,1H3. The molecule has 2 aliphatic rings. The topological polar surface area (TPSA) is 23.5 Å². The Morgan fingerprint density at radius 2 is 2.23 bits per heavy atom. The van der Waals surface area contributed by atoms with E-state index >= 15 is 0 Å². The molecule has 1 aliphatic carbocycles. The maximum atomic E-state index is 8.90. The van der Waals surface area contributed by atoms with Crippen molar-refractivity contribution in [2.45, 2.75) is 32.1 Å². The second-order valence-corrected chi connectivity index (χ2v) is 4.93. The van der Waals surface area contributed by atoms with Gasteiger partial charge in [0.2, 0.25) is 0 Å². The van der Waals surface area contributed by atoms with Gasteiger partial charge in [-0.1, -0.05) is 0 Å². The number of hydrogen-bond donors (Lipinski definition) is 1. The second kappa shape index (κ2) is 3.58. The number of likely N-dealkylation sites (tertiary alicyclic amines) is 1. The van der Waals surface area contributed by atoms with Crippen LogP contribution in [0, 0.1) is 11.3 Å². The lowest BCUT2D eigenvalue weighted by molar-refractivity contribution is 0.260. The molecule has 1 heterocycles. The summed E-state index contributed by atoms with van der Waals surface area (Å²) in [5.74, 6) is 0.851. The predicted molar refractivity (Wildman–Crippen MR) is 53.6 cm³/mol. The van der Waals surface area contributed by atoms with Gasteiger partial charge < -0.3 is 10.0 Å². The Balaban J connectivity index is 1.87. The molecule has 1 aliphatic heterocycles. The number of aliphatic hydroxyl groups excluding tert-OH is 1. The molecule has 2 rings (SSSR count). The average Bonchev–Trinajstić information content (AvgIpc) is 2.80. The van der Waals surface area contributed by atoms with Gasteiger partial charge in [-0.25, -0.2) is 0 Å². The Kier molecular flexibility index (Phi) is 2.61. The normalized spacial score (nSPS) is 40.6. The zero-order chi connectivity index (χ0) is 9.31. The molecule has 1 N–H and O–H groups in total. The van der Waals surface area contributed by atoms with Crippen LogP contribution in [0.2, 0.25) is 0 Å². The third-order valence-corrected chi connectivity index (χ3v) is 4.04. The Hall–Kier alpha value is -0.0800. The van der Waals surface area contributed by atoms with E-state index < -0.39 is 0 Å². The van der Waals surface area contributed by atoms with Gasteiger partial charge in [0.05, 0.1) is 0 Å². The Labute approximate surface area is 80.9 Å². The third kappa shape index (κ3) is 1.89. The van der Waals surface area contributed by atoms with E-state index in [0.717, 1.165) is 12.3 Å². The van der Waals surface area contributed by atoms with E-state index in [4.69, 9.17) is 5.11 Å². The number of rotatable bonds is 2. The minimum absolute atomic E-state index is 0.391. The molecule has 13 heavy (non-hydrogen) atoms. The quantitative estimate of drug-likeness (QED) is 0.701. The predicted octanol–water partition coefficient (Wildman–Crippen LogP) is 1.49.